The van der Waals surface area contributed by atoms with E-state index in [0.29, 0.717) is 0 Å². The van der Waals surface area contributed by atoms with Crippen molar-refractivity contribution in [2.24, 2.45) is 11.8 Å². The van der Waals surface area contributed by atoms with Crippen molar-refractivity contribution in [2.45, 2.75) is 32.6 Å². The van der Waals surface area contributed by atoms with E-state index in [4.69, 9.17) is 5.73 Å². The van der Waals surface area contributed by atoms with Gasteiger partial charge in [0.15, 0.2) is 0 Å². The van der Waals surface area contributed by atoms with Gasteiger partial charge in [-0.15, -0.1) is 0 Å². The predicted octanol–water partition coefficient (Wildman–Crippen LogP) is 2.84. The second kappa shape index (κ2) is 6.06. The summed E-state index contributed by atoms with van der Waals surface area (Å²) in [5, 5.41) is 3.56. The normalized spacial score (nSPS) is 17.0. The van der Waals surface area contributed by atoms with Gasteiger partial charge in [-0.3, -0.25) is 0 Å². The number of anilines is 1. The Morgan fingerprint density at radius 1 is 1.41 bits per heavy atom. The molecule has 0 aromatic heterocycles. The van der Waals surface area contributed by atoms with Gasteiger partial charge in [0.1, 0.15) is 0 Å². The van der Waals surface area contributed by atoms with Crippen LogP contribution in [-0.2, 0) is 6.42 Å². The van der Waals surface area contributed by atoms with E-state index in [1.807, 2.05) is 12.1 Å². The van der Waals surface area contributed by atoms with Gasteiger partial charge in [-0.05, 0) is 68.3 Å². The Bertz CT molecular complexity index is 345. The Morgan fingerprint density at radius 3 is 2.94 bits per heavy atom. The minimum Gasteiger partial charge on any atom is -0.399 e. The van der Waals surface area contributed by atoms with Crippen LogP contribution in [0.4, 0.5) is 5.69 Å². The van der Waals surface area contributed by atoms with Crippen molar-refractivity contribution in [2.75, 3.05) is 18.8 Å². The minimum atomic E-state index is 0.863. The van der Waals surface area contributed by atoms with Crippen LogP contribution in [0, 0.1) is 11.8 Å². The molecular weight excluding hydrogens is 208 g/mol. The molecule has 94 valence electrons. The topological polar surface area (TPSA) is 38.0 Å². The summed E-state index contributed by atoms with van der Waals surface area (Å²) in [5.74, 6) is 1.87. The summed E-state index contributed by atoms with van der Waals surface area (Å²) in [4.78, 5) is 0. The summed E-state index contributed by atoms with van der Waals surface area (Å²) in [5.41, 5.74) is 7.98. The molecular formula is C15H24N2. The molecule has 3 N–H and O–H groups in total. The summed E-state index contributed by atoms with van der Waals surface area (Å²) >= 11 is 0. The SMILES string of the molecule is CC(CNCCCc1cccc(N)c1)C1CC1. The Labute approximate surface area is 105 Å². The van der Waals surface area contributed by atoms with E-state index >= 15 is 0 Å². The van der Waals surface area contributed by atoms with Gasteiger partial charge in [-0.25, -0.2) is 0 Å². The quantitative estimate of drug-likeness (QED) is 0.560. The lowest BCUT2D eigenvalue weighted by Gasteiger charge is -2.11. The Morgan fingerprint density at radius 2 is 2.24 bits per heavy atom. The number of benzene rings is 1. The summed E-state index contributed by atoms with van der Waals surface area (Å²) in [6.07, 6.45) is 5.22. The third-order valence-electron chi connectivity index (χ3n) is 3.66. The first-order valence-corrected chi connectivity index (χ1v) is 6.81. The zero-order valence-corrected chi connectivity index (χ0v) is 10.8. The molecule has 1 aliphatic carbocycles. The lowest BCUT2D eigenvalue weighted by Crippen LogP contribution is -2.23. The van der Waals surface area contributed by atoms with Crippen LogP contribution in [-0.4, -0.2) is 13.1 Å². The van der Waals surface area contributed by atoms with Crippen LogP contribution < -0.4 is 11.1 Å². The van der Waals surface area contributed by atoms with E-state index in [9.17, 15) is 0 Å². The van der Waals surface area contributed by atoms with Crippen LogP contribution >= 0.6 is 0 Å². The van der Waals surface area contributed by atoms with Crippen LogP contribution in [0.3, 0.4) is 0 Å². The van der Waals surface area contributed by atoms with Crippen molar-refractivity contribution in [3.63, 3.8) is 0 Å². The maximum Gasteiger partial charge on any atom is 0.0316 e. The molecule has 0 radical (unpaired) electrons. The smallest absolute Gasteiger partial charge is 0.0316 e. The Balaban J connectivity index is 1.56. The average Bonchev–Trinajstić information content (AvgIpc) is 3.12. The predicted molar refractivity (Wildman–Crippen MR) is 73.9 cm³/mol. The van der Waals surface area contributed by atoms with Crippen molar-refractivity contribution in [3.05, 3.63) is 29.8 Å². The third-order valence-corrected chi connectivity index (χ3v) is 3.66. The largest absolute Gasteiger partial charge is 0.399 e. The fourth-order valence-corrected chi connectivity index (χ4v) is 2.33. The molecule has 0 spiro atoms. The second-order valence-electron chi connectivity index (χ2n) is 5.37. The zero-order chi connectivity index (χ0) is 12.1. The van der Waals surface area contributed by atoms with E-state index < -0.39 is 0 Å². The van der Waals surface area contributed by atoms with Gasteiger partial charge in [0.2, 0.25) is 0 Å². The van der Waals surface area contributed by atoms with Crippen LogP contribution in [0.25, 0.3) is 0 Å². The molecule has 17 heavy (non-hydrogen) atoms. The second-order valence-corrected chi connectivity index (χ2v) is 5.37. The number of nitrogens with two attached hydrogens (primary N) is 1. The highest BCUT2D eigenvalue weighted by molar-refractivity contribution is 5.40. The van der Waals surface area contributed by atoms with Crippen molar-refractivity contribution in [3.8, 4) is 0 Å². The average molecular weight is 232 g/mol. The lowest BCUT2D eigenvalue weighted by molar-refractivity contribution is 0.459. The van der Waals surface area contributed by atoms with Crippen molar-refractivity contribution in [1.82, 2.24) is 5.32 Å². The van der Waals surface area contributed by atoms with Gasteiger partial charge in [0.05, 0.1) is 0 Å². The number of nitrogen functional groups attached to an aromatic ring is 1. The highest BCUT2D eigenvalue weighted by Crippen LogP contribution is 2.35. The van der Waals surface area contributed by atoms with Gasteiger partial charge >= 0.3 is 0 Å². The van der Waals surface area contributed by atoms with Gasteiger partial charge in [0.25, 0.3) is 0 Å². The molecule has 0 heterocycles. The molecule has 0 saturated heterocycles. The number of aryl methyl sites for hydroxylation is 1. The minimum absolute atomic E-state index is 0.863. The van der Waals surface area contributed by atoms with Crippen molar-refractivity contribution in [1.29, 1.82) is 0 Å². The summed E-state index contributed by atoms with van der Waals surface area (Å²) in [7, 11) is 0. The molecule has 2 heteroatoms. The molecule has 0 amide bonds. The highest BCUT2D eigenvalue weighted by atomic mass is 14.9. The molecule has 2 nitrogen and oxygen atoms in total. The highest BCUT2D eigenvalue weighted by Gasteiger charge is 2.27. The number of hydrogen-bond donors (Lipinski definition) is 2. The third kappa shape index (κ3) is 4.39. The van der Waals surface area contributed by atoms with E-state index in [-0.39, 0.29) is 0 Å². The van der Waals surface area contributed by atoms with Gasteiger partial charge in [0, 0.05) is 5.69 Å². The molecule has 0 aliphatic heterocycles. The van der Waals surface area contributed by atoms with Crippen LogP contribution in [0.2, 0.25) is 0 Å². The maximum absolute atomic E-state index is 5.75. The number of hydrogen-bond acceptors (Lipinski definition) is 2. The Kier molecular flexibility index (Phi) is 4.43. The van der Waals surface area contributed by atoms with E-state index in [0.717, 1.165) is 30.5 Å². The summed E-state index contributed by atoms with van der Waals surface area (Å²) in [6.45, 7) is 4.66. The van der Waals surface area contributed by atoms with E-state index in [1.54, 1.807) is 0 Å². The molecule has 0 bridgehead atoms. The Hall–Kier alpha value is -1.02. The standard InChI is InChI=1S/C15H24N2/c1-12(14-7-8-14)11-17-9-3-5-13-4-2-6-15(16)10-13/h2,4,6,10,12,14,17H,3,5,7-9,11,16H2,1H3. The molecule has 2 rings (SSSR count). The molecule has 1 saturated carbocycles. The van der Waals surface area contributed by atoms with Crippen molar-refractivity contribution >= 4 is 5.69 Å². The molecule has 1 unspecified atom stereocenters. The van der Waals surface area contributed by atoms with Gasteiger partial charge in [-0.2, -0.15) is 0 Å². The van der Waals surface area contributed by atoms with Crippen molar-refractivity contribution < 1.29 is 0 Å². The molecule has 1 aromatic rings. The first kappa shape index (κ1) is 12.4. The summed E-state index contributed by atoms with van der Waals surface area (Å²) in [6, 6.07) is 8.21. The molecule has 1 fully saturated rings. The number of nitrogens with one attached hydrogen (secondary N) is 1. The first-order valence-electron chi connectivity index (χ1n) is 6.81. The van der Waals surface area contributed by atoms with Crippen LogP contribution in [0.5, 0.6) is 0 Å². The summed E-state index contributed by atoms with van der Waals surface area (Å²) < 4.78 is 0. The molecule has 1 aliphatic rings. The molecule has 1 aromatic carbocycles. The van der Waals surface area contributed by atoms with E-state index in [1.165, 1.54) is 31.4 Å². The monoisotopic (exact) mass is 232 g/mol. The van der Waals surface area contributed by atoms with E-state index in [2.05, 4.69) is 24.4 Å². The fourth-order valence-electron chi connectivity index (χ4n) is 2.33. The lowest BCUT2D eigenvalue weighted by atomic mass is 10.1. The van der Waals surface area contributed by atoms with Gasteiger partial charge in [-0.1, -0.05) is 19.1 Å². The fraction of sp³-hybridized carbons (Fsp3) is 0.600. The number of rotatable bonds is 7. The molecule has 1 atom stereocenters. The maximum atomic E-state index is 5.75. The van der Waals surface area contributed by atoms with Gasteiger partial charge < -0.3 is 11.1 Å². The van der Waals surface area contributed by atoms with Crippen LogP contribution in [0.15, 0.2) is 24.3 Å². The van der Waals surface area contributed by atoms with Crippen LogP contribution in [0.1, 0.15) is 31.7 Å². The first-order chi connectivity index (χ1) is 8.25. The zero-order valence-electron chi connectivity index (χ0n) is 10.8.